The summed E-state index contributed by atoms with van der Waals surface area (Å²) in [5.74, 6) is 0.898. The highest BCUT2D eigenvalue weighted by Gasteiger charge is 2.28. The van der Waals surface area contributed by atoms with Gasteiger partial charge in [-0.05, 0) is 43.5 Å². The molecule has 0 atom stereocenters. The second-order valence-electron chi connectivity index (χ2n) is 5.05. The molecule has 0 amide bonds. The lowest BCUT2D eigenvalue weighted by molar-refractivity contribution is 0.255. The average molecular weight is 248 g/mol. The number of nitrogens with zero attached hydrogens (tertiary/aromatic N) is 1. The third-order valence-corrected chi connectivity index (χ3v) is 3.52. The number of nitrogens with two attached hydrogens (primary N) is 1. The molecular weight excluding hydrogens is 224 g/mol. The lowest BCUT2D eigenvalue weighted by Crippen LogP contribution is -2.26. The fourth-order valence-corrected chi connectivity index (χ4v) is 2.44. The van der Waals surface area contributed by atoms with Gasteiger partial charge in [0.05, 0.1) is 7.11 Å². The zero-order valence-electron chi connectivity index (χ0n) is 11.5. The van der Waals surface area contributed by atoms with Gasteiger partial charge in [0.2, 0.25) is 0 Å². The molecule has 1 aliphatic carbocycles. The molecule has 2 N–H and O–H groups in total. The van der Waals surface area contributed by atoms with Crippen LogP contribution in [0.2, 0.25) is 0 Å². The Morgan fingerprint density at radius 2 is 2.17 bits per heavy atom. The van der Waals surface area contributed by atoms with Gasteiger partial charge in [-0.3, -0.25) is 4.90 Å². The highest BCUT2D eigenvalue weighted by atomic mass is 16.5. The maximum absolute atomic E-state index is 5.76. The van der Waals surface area contributed by atoms with Crippen LogP contribution in [0.3, 0.4) is 0 Å². The molecule has 18 heavy (non-hydrogen) atoms. The fourth-order valence-electron chi connectivity index (χ4n) is 2.44. The normalized spacial score (nSPS) is 15.1. The highest BCUT2D eigenvalue weighted by molar-refractivity contribution is 5.37. The molecule has 2 rings (SSSR count). The number of hydrogen-bond acceptors (Lipinski definition) is 3. The van der Waals surface area contributed by atoms with Gasteiger partial charge in [-0.1, -0.05) is 13.0 Å². The molecule has 0 bridgehead atoms. The van der Waals surface area contributed by atoms with Crippen LogP contribution in [0.1, 0.15) is 37.3 Å². The van der Waals surface area contributed by atoms with E-state index in [4.69, 9.17) is 10.5 Å². The van der Waals surface area contributed by atoms with E-state index in [1.165, 1.54) is 31.4 Å². The van der Waals surface area contributed by atoms with E-state index >= 15 is 0 Å². The molecule has 1 saturated carbocycles. The number of hydrogen-bond donors (Lipinski definition) is 1. The first-order valence-corrected chi connectivity index (χ1v) is 6.88. The third-order valence-electron chi connectivity index (χ3n) is 3.52. The van der Waals surface area contributed by atoms with Gasteiger partial charge in [-0.2, -0.15) is 0 Å². The van der Waals surface area contributed by atoms with Crippen LogP contribution in [0.15, 0.2) is 18.2 Å². The lowest BCUT2D eigenvalue weighted by atomic mass is 10.1. The predicted molar refractivity (Wildman–Crippen MR) is 74.6 cm³/mol. The minimum atomic E-state index is 0.536. The first kappa shape index (κ1) is 13.4. The average Bonchev–Trinajstić information content (AvgIpc) is 3.22. The van der Waals surface area contributed by atoms with Crippen LogP contribution in [0, 0.1) is 0 Å². The van der Waals surface area contributed by atoms with Crippen LogP contribution in [0.5, 0.6) is 5.75 Å². The number of methoxy groups -OCH3 is 1. The zero-order chi connectivity index (χ0) is 13.0. The molecule has 0 saturated heterocycles. The van der Waals surface area contributed by atoms with Crippen LogP contribution in [0.4, 0.5) is 0 Å². The van der Waals surface area contributed by atoms with E-state index in [9.17, 15) is 0 Å². The molecule has 0 spiro atoms. The van der Waals surface area contributed by atoms with Crippen molar-refractivity contribution in [3.8, 4) is 5.75 Å². The molecule has 3 nitrogen and oxygen atoms in total. The number of benzene rings is 1. The Hall–Kier alpha value is -1.06. The van der Waals surface area contributed by atoms with Crippen molar-refractivity contribution in [3.05, 3.63) is 29.3 Å². The van der Waals surface area contributed by atoms with Crippen LogP contribution < -0.4 is 10.5 Å². The predicted octanol–water partition coefficient (Wildman–Crippen LogP) is 2.53. The van der Waals surface area contributed by atoms with E-state index in [0.717, 1.165) is 23.9 Å². The molecule has 100 valence electrons. The molecule has 0 radical (unpaired) electrons. The van der Waals surface area contributed by atoms with Gasteiger partial charge < -0.3 is 10.5 Å². The van der Waals surface area contributed by atoms with Crippen molar-refractivity contribution in [1.29, 1.82) is 0 Å². The first-order valence-electron chi connectivity index (χ1n) is 6.88. The zero-order valence-corrected chi connectivity index (χ0v) is 11.5. The molecule has 0 aliphatic heterocycles. The van der Waals surface area contributed by atoms with Gasteiger partial charge in [-0.15, -0.1) is 0 Å². The van der Waals surface area contributed by atoms with Crippen molar-refractivity contribution in [3.63, 3.8) is 0 Å². The summed E-state index contributed by atoms with van der Waals surface area (Å²) in [4.78, 5) is 2.59. The summed E-state index contributed by atoms with van der Waals surface area (Å²) in [6, 6.07) is 7.19. The van der Waals surface area contributed by atoms with Crippen LogP contribution in [-0.2, 0) is 13.1 Å². The Morgan fingerprint density at radius 1 is 1.39 bits per heavy atom. The topological polar surface area (TPSA) is 38.5 Å². The van der Waals surface area contributed by atoms with Crippen molar-refractivity contribution in [2.45, 2.75) is 45.3 Å². The minimum absolute atomic E-state index is 0.536. The molecule has 3 heteroatoms. The van der Waals surface area contributed by atoms with Gasteiger partial charge in [0.1, 0.15) is 5.75 Å². The van der Waals surface area contributed by atoms with Crippen LogP contribution in [0.25, 0.3) is 0 Å². The summed E-state index contributed by atoms with van der Waals surface area (Å²) in [7, 11) is 1.70. The molecule has 1 aliphatic rings. The van der Waals surface area contributed by atoms with E-state index in [1.54, 1.807) is 7.11 Å². The molecular formula is C15H24N2O. The van der Waals surface area contributed by atoms with Gasteiger partial charge in [0.15, 0.2) is 0 Å². The first-order chi connectivity index (χ1) is 8.78. The van der Waals surface area contributed by atoms with Gasteiger partial charge in [0.25, 0.3) is 0 Å². The van der Waals surface area contributed by atoms with Crippen molar-refractivity contribution in [2.24, 2.45) is 5.73 Å². The molecule has 1 fully saturated rings. The molecule has 1 aromatic rings. The minimum Gasteiger partial charge on any atom is -0.496 e. The Balaban J connectivity index is 2.07. The maximum atomic E-state index is 5.76. The molecule has 0 aromatic heterocycles. The molecule has 1 aromatic carbocycles. The van der Waals surface area contributed by atoms with E-state index in [2.05, 4.69) is 24.0 Å². The largest absolute Gasteiger partial charge is 0.496 e. The standard InChI is InChI=1S/C15H24N2O/c1-3-8-17(14-5-6-14)11-12-4-7-15(18-2)13(9-12)10-16/h4,7,9,14H,3,5-6,8,10-11,16H2,1-2H3. The number of ether oxygens (including phenoxy) is 1. The van der Waals surface area contributed by atoms with E-state index in [1.807, 2.05) is 6.07 Å². The SMILES string of the molecule is CCCN(Cc1ccc(OC)c(CN)c1)C1CC1. The Kier molecular flexibility index (Phi) is 4.61. The summed E-state index contributed by atoms with van der Waals surface area (Å²) in [6.45, 7) is 5.01. The Morgan fingerprint density at radius 3 is 2.72 bits per heavy atom. The van der Waals surface area contributed by atoms with Crippen LogP contribution >= 0.6 is 0 Å². The van der Waals surface area contributed by atoms with Crippen LogP contribution in [-0.4, -0.2) is 24.6 Å². The van der Waals surface area contributed by atoms with Gasteiger partial charge in [-0.25, -0.2) is 0 Å². The van der Waals surface area contributed by atoms with E-state index < -0.39 is 0 Å². The smallest absolute Gasteiger partial charge is 0.123 e. The Bertz CT molecular complexity index is 388. The van der Waals surface area contributed by atoms with Gasteiger partial charge >= 0.3 is 0 Å². The monoisotopic (exact) mass is 248 g/mol. The van der Waals surface area contributed by atoms with Crippen molar-refractivity contribution in [1.82, 2.24) is 4.90 Å². The van der Waals surface area contributed by atoms with Crippen molar-refractivity contribution >= 4 is 0 Å². The summed E-state index contributed by atoms with van der Waals surface area (Å²) in [6.07, 6.45) is 3.94. The van der Waals surface area contributed by atoms with E-state index in [-0.39, 0.29) is 0 Å². The highest BCUT2D eigenvalue weighted by Crippen LogP contribution is 2.29. The van der Waals surface area contributed by atoms with E-state index in [0.29, 0.717) is 6.54 Å². The van der Waals surface area contributed by atoms with Crippen molar-refractivity contribution < 1.29 is 4.74 Å². The number of rotatable bonds is 7. The Labute approximate surface area is 110 Å². The summed E-state index contributed by atoms with van der Waals surface area (Å²) < 4.78 is 5.31. The second-order valence-corrected chi connectivity index (χ2v) is 5.05. The summed E-state index contributed by atoms with van der Waals surface area (Å²) in [5, 5.41) is 0. The fraction of sp³-hybridized carbons (Fsp3) is 0.600. The molecule has 0 heterocycles. The third kappa shape index (κ3) is 3.24. The lowest BCUT2D eigenvalue weighted by Gasteiger charge is -2.22. The van der Waals surface area contributed by atoms with Gasteiger partial charge in [0, 0.05) is 24.7 Å². The summed E-state index contributed by atoms with van der Waals surface area (Å²) in [5.41, 5.74) is 8.21. The second kappa shape index (κ2) is 6.21. The van der Waals surface area contributed by atoms with Crippen molar-refractivity contribution in [2.75, 3.05) is 13.7 Å². The quantitative estimate of drug-likeness (QED) is 0.806. The summed E-state index contributed by atoms with van der Waals surface area (Å²) >= 11 is 0. The molecule has 0 unspecified atom stereocenters. The maximum Gasteiger partial charge on any atom is 0.123 e.